The fraction of sp³-hybridized carbons (Fsp3) is 0.143. The van der Waals surface area contributed by atoms with Crippen molar-refractivity contribution in [3.05, 3.63) is 57.5 Å². The second-order valence-electron chi connectivity index (χ2n) is 4.59. The number of ether oxygens (including phenoxy) is 1. The minimum absolute atomic E-state index is 0.258. The SMILES string of the molecule is Cc1ccc(OCC(=O)Nc2ccc(F)c(F)c2F)c([N+](=O)[O-])n1. The van der Waals surface area contributed by atoms with Crippen LogP contribution in [0, 0.1) is 34.5 Å². The number of nitro groups is 1. The maximum Gasteiger partial charge on any atom is 0.406 e. The first-order valence-corrected chi connectivity index (χ1v) is 6.47. The van der Waals surface area contributed by atoms with E-state index in [1.807, 2.05) is 5.32 Å². The second kappa shape index (κ2) is 6.94. The third-order valence-electron chi connectivity index (χ3n) is 2.82. The Morgan fingerprint density at radius 2 is 1.96 bits per heavy atom. The van der Waals surface area contributed by atoms with E-state index in [4.69, 9.17) is 4.74 Å². The van der Waals surface area contributed by atoms with Crippen LogP contribution in [0.2, 0.25) is 0 Å². The lowest BCUT2D eigenvalue weighted by atomic mass is 10.3. The van der Waals surface area contributed by atoms with E-state index in [2.05, 4.69) is 4.98 Å². The minimum atomic E-state index is -1.73. The van der Waals surface area contributed by atoms with Gasteiger partial charge in [-0.2, -0.15) is 0 Å². The number of aryl methyl sites for hydroxylation is 1. The third-order valence-corrected chi connectivity index (χ3v) is 2.82. The van der Waals surface area contributed by atoms with Crippen LogP contribution in [0.5, 0.6) is 5.75 Å². The van der Waals surface area contributed by atoms with E-state index >= 15 is 0 Å². The number of amides is 1. The molecule has 1 aromatic carbocycles. The number of nitrogens with zero attached hydrogens (tertiary/aromatic N) is 2. The summed E-state index contributed by atoms with van der Waals surface area (Å²) in [6.45, 7) is 0.819. The first-order valence-electron chi connectivity index (χ1n) is 6.47. The van der Waals surface area contributed by atoms with Gasteiger partial charge in [0.1, 0.15) is 5.69 Å². The molecule has 0 fully saturated rings. The van der Waals surface area contributed by atoms with Crippen LogP contribution in [0.15, 0.2) is 24.3 Å². The molecular weight excluding hydrogens is 331 g/mol. The van der Waals surface area contributed by atoms with Gasteiger partial charge in [-0.15, -0.1) is 0 Å². The van der Waals surface area contributed by atoms with Gasteiger partial charge in [0.2, 0.25) is 5.75 Å². The van der Waals surface area contributed by atoms with E-state index < -0.39 is 46.4 Å². The molecule has 1 N–H and O–H groups in total. The smallest absolute Gasteiger partial charge is 0.406 e. The molecule has 0 saturated heterocycles. The number of carbonyl (C=O) groups excluding carboxylic acids is 1. The van der Waals surface area contributed by atoms with Crippen LogP contribution in [-0.2, 0) is 4.79 Å². The molecule has 1 amide bonds. The molecule has 0 aliphatic heterocycles. The predicted molar refractivity (Wildman–Crippen MR) is 76.1 cm³/mol. The molecule has 0 spiro atoms. The number of carbonyl (C=O) groups is 1. The van der Waals surface area contributed by atoms with Gasteiger partial charge in [-0.1, -0.05) is 0 Å². The lowest BCUT2D eigenvalue weighted by Gasteiger charge is -2.09. The molecule has 0 bridgehead atoms. The number of nitrogens with one attached hydrogen (secondary N) is 1. The molecule has 0 saturated carbocycles. The van der Waals surface area contributed by atoms with Gasteiger partial charge in [0.05, 0.1) is 5.69 Å². The van der Waals surface area contributed by atoms with Crippen molar-refractivity contribution in [1.82, 2.24) is 4.98 Å². The summed E-state index contributed by atoms with van der Waals surface area (Å²) in [4.78, 5) is 25.4. The van der Waals surface area contributed by atoms with Gasteiger partial charge < -0.3 is 20.2 Å². The van der Waals surface area contributed by atoms with Crippen molar-refractivity contribution in [3.63, 3.8) is 0 Å². The molecule has 1 heterocycles. The Kier molecular flexibility index (Phi) is 4.97. The molecule has 0 unspecified atom stereocenters. The fourth-order valence-corrected chi connectivity index (χ4v) is 1.73. The fourth-order valence-electron chi connectivity index (χ4n) is 1.73. The van der Waals surface area contributed by atoms with Crippen molar-refractivity contribution in [2.24, 2.45) is 0 Å². The molecule has 0 atom stereocenters. The number of hydrogen-bond acceptors (Lipinski definition) is 5. The highest BCUT2D eigenvalue weighted by molar-refractivity contribution is 5.92. The Labute approximate surface area is 133 Å². The van der Waals surface area contributed by atoms with Crippen molar-refractivity contribution in [2.45, 2.75) is 6.92 Å². The maximum atomic E-state index is 13.4. The van der Waals surface area contributed by atoms with Gasteiger partial charge >= 0.3 is 5.82 Å². The Morgan fingerprint density at radius 1 is 1.25 bits per heavy atom. The monoisotopic (exact) mass is 341 g/mol. The normalized spacial score (nSPS) is 10.3. The molecule has 7 nitrogen and oxygen atoms in total. The van der Waals surface area contributed by atoms with E-state index in [9.17, 15) is 28.1 Å². The topological polar surface area (TPSA) is 94.4 Å². The molecule has 126 valence electrons. The van der Waals surface area contributed by atoms with Gasteiger partial charge in [-0.3, -0.25) is 4.79 Å². The molecule has 2 aromatic rings. The summed E-state index contributed by atoms with van der Waals surface area (Å²) in [5, 5.41) is 12.8. The van der Waals surface area contributed by atoms with Crippen LogP contribution in [0.3, 0.4) is 0 Å². The summed E-state index contributed by atoms with van der Waals surface area (Å²) in [6, 6.07) is 4.17. The van der Waals surface area contributed by atoms with Crippen LogP contribution in [0.1, 0.15) is 5.69 Å². The number of aromatic nitrogens is 1. The summed E-state index contributed by atoms with van der Waals surface area (Å²) in [6.07, 6.45) is 0. The van der Waals surface area contributed by atoms with E-state index in [-0.39, 0.29) is 5.75 Å². The zero-order valence-corrected chi connectivity index (χ0v) is 12.2. The number of rotatable bonds is 5. The van der Waals surface area contributed by atoms with E-state index in [1.54, 1.807) is 0 Å². The number of anilines is 1. The van der Waals surface area contributed by atoms with Crippen molar-refractivity contribution >= 4 is 17.4 Å². The molecule has 0 radical (unpaired) electrons. The van der Waals surface area contributed by atoms with Crippen LogP contribution >= 0.6 is 0 Å². The minimum Gasteiger partial charge on any atom is -0.476 e. The summed E-state index contributed by atoms with van der Waals surface area (Å²) in [5.74, 6) is -6.45. The molecule has 1 aromatic heterocycles. The quantitative estimate of drug-likeness (QED) is 0.513. The number of benzene rings is 1. The lowest BCUT2D eigenvalue weighted by molar-refractivity contribution is -0.390. The van der Waals surface area contributed by atoms with Crippen LogP contribution in [0.25, 0.3) is 0 Å². The lowest BCUT2D eigenvalue weighted by Crippen LogP contribution is -2.21. The number of halogens is 3. The Morgan fingerprint density at radius 3 is 2.62 bits per heavy atom. The molecule has 24 heavy (non-hydrogen) atoms. The van der Waals surface area contributed by atoms with Crippen molar-refractivity contribution in [1.29, 1.82) is 0 Å². The third kappa shape index (κ3) is 3.77. The highest BCUT2D eigenvalue weighted by Gasteiger charge is 2.19. The summed E-state index contributed by atoms with van der Waals surface area (Å²) in [5.41, 5.74) is -0.207. The number of hydrogen-bond donors (Lipinski definition) is 1. The van der Waals surface area contributed by atoms with Crippen molar-refractivity contribution in [2.75, 3.05) is 11.9 Å². The standard InChI is InChI=1S/C14H10F3N3O4/c1-7-2-5-10(14(18-7)20(22)23)24-6-11(21)19-9-4-3-8(15)12(16)13(9)17/h2-5H,6H2,1H3,(H,19,21). The molecule has 10 heteroatoms. The summed E-state index contributed by atoms with van der Waals surface area (Å²) >= 11 is 0. The maximum absolute atomic E-state index is 13.4. The van der Waals surface area contributed by atoms with E-state index in [0.717, 1.165) is 6.07 Å². The van der Waals surface area contributed by atoms with Gasteiger partial charge in [0, 0.05) is 6.92 Å². The Hall–Kier alpha value is -3.17. The number of pyridine rings is 1. The van der Waals surface area contributed by atoms with E-state index in [0.29, 0.717) is 11.8 Å². The van der Waals surface area contributed by atoms with Crippen molar-refractivity contribution in [3.8, 4) is 5.75 Å². The summed E-state index contributed by atoms with van der Waals surface area (Å²) in [7, 11) is 0. The highest BCUT2D eigenvalue weighted by atomic mass is 19.2. The van der Waals surface area contributed by atoms with Crippen molar-refractivity contribution < 1.29 is 27.6 Å². The first kappa shape index (κ1) is 17.2. The molecule has 2 rings (SSSR count). The van der Waals surface area contributed by atoms with Gasteiger partial charge in [-0.25, -0.2) is 13.2 Å². The second-order valence-corrected chi connectivity index (χ2v) is 4.59. The zero-order valence-electron chi connectivity index (χ0n) is 12.2. The average molecular weight is 341 g/mol. The average Bonchev–Trinajstić information content (AvgIpc) is 2.54. The van der Waals surface area contributed by atoms with Crippen LogP contribution in [-0.4, -0.2) is 22.4 Å². The summed E-state index contributed by atoms with van der Waals surface area (Å²) < 4.78 is 44.3. The molecule has 0 aliphatic rings. The van der Waals surface area contributed by atoms with Gasteiger partial charge in [0.25, 0.3) is 5.91 Å². The Bertz CT molecular complexity index is 814. The molecule has 0 aliphatic carbocycles. The van der Waals surface area contributed by atoms with Gasteiger partial charge in [-0.05, 0) is 34.2 Å². The van der Waals surface area contributed by atoms with Crippen LogP contribution < -0.4 is 10.1 Å². The Balaban J connectivity index is 2.07. The predicted octanol–water partition coefficient (Wildman–Crippen LogP) is 2.73. The largest absolute Gasteiger partial charge is 0.476 e. The zero-order chi connectivity index (χ0) is 17.9. The molecular formula is C14H10F3N3O4. The van der Waals surface area contributed by atoms with Gasteiger partial charge in [0.15, 0.2) is 24.1 Å². The highest BCUT2D eigenvalue weighted by Crippen LogP contribution is 2.24. The van der Waals surface area contributed by atoms with E-state index in [1.165, 1.54) is 19.1 Å². The first-order chi connectivity index (χ1) is 11.3. The van der Waals surface area contributed by atoms with Crippen LogP contribution in [0.4, 0.5) is 24.7 Å².